The summed E-state index contributed by atoms with van der Waals surface area (Å²) in [6, 6.07) is 6.73. The van der Waals surface area contributed by atoms with Gasteiger partial charge < -0.3 is 15.0 Å². The molecule has 0 saturated carbocycles. The molecule has 2 atom stereocenters. The highest BCUT2D eigenvalue weighted by molar-refractivity contribution is 6.02. The van der Waals surface area contributed by atoms with Gasteiger partial charge in [0, 0.05) is 13.5 Å². The molecule has 8 heteroatoms. The summed E-state index contributed by atoms with van der Waals surface area (Å²) in [5.74, 6) is 0.821. The number of fused-ring (bicyclic) bond motifs is 2. The van der Waals surface area contributed by atoms with Crippen LogP contribution in [0.15, 0.2) is 24.3 Å². The van der Waals surface area contributed by atoms with Gasteiger partial charge in [-0.3, -0.25) is 9.59 Å². The van der Waals surface area contributed by atoms with Crippen molar-refractivity contribution in [2.75, 3.05) is 18.6 Å². The fraction of sp³-hybridized carbons (Fsp3) is 0.412. The number of benzene rings is 1. The van der Waals surface area contributed by atoms with E-state index in [0.717, 1.165) is 18.7 Å². The van der Waals surface area contributed by atoms with Gasteiger partial charge in [0.15, 0.2) is 0 Å². The van der Waals surface area contributed by atoms with E-state index in [0.29, 0.717) is 11.4 Å². The number of ether oxygens (including phenoxy) is 1. The fourth-order valence-corrected chi connectivity index (χ4v) is 3.21. The first kappa shape index (κ1) is 15.6. The smallest absolute Gasteiger partial charge is 0.291 e. The van der Waals surface area contributed by atoms with Crippen LogP contribution in [0.1, 0.15) is 35.8 Å². The third-order valence-electron chi connectivity index (χ3n) is 4.67. The number of aromatic nitrogens is 3. The van der Waals surface area contributed by atoms with Crippen molar-refractivity contribution < 1.29 is 14.3 Å². The Balaban J connectivity index is 1.52. The minimum atomic E-state index is -0.791. The summed E-state index contributed by atoms with van der Waals surface area (Å²) in [4.78, 5) is 30.9. The second kappa shape index (κ2) is 5.87. The average Bonchev–Trinajstić information content (AvgIpc) is 3.16. The normalized spacial score (nSPS) is 22.0. The topological polar surface area (TPSA) is 89.3 Å². The van der Waals surface area contributed by atoms with Gasteiger partial charge in [-0.05, 0) is 25.5 Å². The van der Waals surface area contributed by atoms with Crippen LogP contribution in [0.4, 0.5) is 5.69 Å². The van der Waals surface area contributed by atoms with Gasteiger partial charge in [-0.25, -0.2) is 9.67 Å². The highest BCUT2D eigenvalue weighted by Gasteiger charge is 2.32. The molecule has 0 saturated heterocycles. The number of carbonyl (C=O) groups excluding carboxylic acids is 2. The number of hydrogen-bond acceptors (Lipinski definition) is 5. The number of amides is 2. The van der Waals surface area contributed by atoms with Gasteiger partial charge in [-0.2, -0.15) is 0 Å². The van der Waals surface area contributed by atoms with Crippen LogP contribution in [0.25, 0.3) is 0 Å². The van der Waals surface area contributed by atoms with Gasteiger partial charge in [-0.1, -0.05) is 12.1 Å². The summed E-state index contributed by atoms with van der Waals surface area (Å²) in [6.07, 6.45) is 1.79. The van der Waals surface area contributed by atoms with Crippen LogP contribution >= 0.6 is 0 Å². The van der Waals surface area contributed by atoms with Crippen LogP contribution in [-0.4, -0.2) is 46.3 Å². The van der Waals surface area contributed by atoms with Gasteiger partial charge in [0.05, 0.1) is 11.7 Å². The SMILES string of the molecule is C[C@H]1CCc2nc(C(=O)N[C@H]3COc4ccccc4N(C)C3=O)nn21. The number of nitrogens with zero attached hydrogens (tertiary/aromatic N) is 4. The van der Waals surface area contributed by atoms with Gasteiger partial charge in [0.25, 0.3) is 11.8 Å². The standard InChI is InChI=1S/C17H19N5O3/c1-10-7-8-14-19-15(20-22(10)14)16(23)18-11-9-25-13-6-4-3-5-12(13)21(2)17(11)24/h3-6,10-11H,7-9H2,1-2H3,(H,18,23)/t10-,11-/m0/s1. The Morgan fingerprint density at radius 3 is 2.96 bits per heavy atom. The lowest BCUT2D eigenvalue weighted by atomic mass is 10.2. The van der Waals surface area contributed by atoms with E-state index in [1.165, 1.54) is 4.90 Å². The highest BCUT2D eigenvalue weighted by Crippen LogP contribution is 2.30. The maximum absolute atomic E-state index is 12.7. The molecule has 130 valence electrons. The Labute approximate surface area is 144 Å². The Kier molecular flexibility index (Phi) is 3.67. The number of aryl methyl sites for hydroxylation is 1. The molecule has 0 spiro atoms. The molecule has 2 aliphatic heterocycles. The largest absolute Gasteiger partial charge is 0.489 e. The first-order valence-electron chi connectivity index (χ1n) is 8.30. The average molecular weight is 341 g/mol. The lowest BCUT2D eigenvalue weighted by Gasteiger charge is -2.19. The Morgan fingerprint density at radius 2 is 2.16 bits per heavy atom. The lowest BCUT2D eigenvalue weighted by Crippen LogP contribution is -2.49. The van der Waals surface area contributed by atoms with Crippen molar-refractivity contribution in [2.24, 2.45) is 0 Å². The quantitative estimate of drug-likeness (QED) is 0.878. The van der Waals surface area contributed by atoms with Crippen molar-refractivity contribution in [3.63, 3.8) is 0 Å². The molecule has 8 nitrogen and oxygen atoms in total. The minimum Gasteiger partial charge on any atom is -0.489 e. The van der Waals surface area contributed by atoms with Gasteiger partial charge in [0.1, 0.15) is 24.2 Å². The van der Waals surface area contributed by atoms with E-state index in [2.05, 4.69) is 15.4 Å². The van der Waals surface area contributed by atoms with Crippen molar-refractivity contribution in [2.45, 2.75) is 31.8 Å². The predicted octanol–water partition coefficient (Wildman–Crippen LogP) is 0.939. The molecule has 2 amide bonds. The van der Waals surface area contributed by atoms with Gasteiger partial charge in [0.2, 0.25) is 5.82 Å². The van der Waals surface area contributed by atoms with Crippen LogP contribution in [0, 0.1) is 0 Å². The maximum Gasteiger partial charge on any atom is 0.291 e. The maximum atomic E-state index is 12.7. The van der Waals surface area contributed by atoms with E-state index in [-0.39, 0.29) is 24.4 Å². The van der Waals surface area contributed by atoms with Crippen LogP contribution in [0.3, 0.4) is 0 Å². The van der Waals surface area contributed by atoms with Crippen LogP contribution in [-0.2, 0) is 11.2 Å². The van der Waals surface area contributed by atoms with Gasteiger partial charge in [-0.15, -0.1) is 5.10 Å². The summed E-state index contributed by atoms with van der Waals surface area (Å²) in [7, 11) is 1.67. The molecule has 2 aliphatic rings. The molecule has 1 N–H and O–H groups in total. The molecular weight excluding hydrogens is 322 g/mol. The van der Waals surface area contributed by atoms with E-state index in [1.807, 2.05) is 19.1 Å². The van der Waals surface area contributed by atoms with E-state index < -0.39 is 11.9 Å². The van der Waals surface area contributed by atoms with Crippen LogP contribution < -0.4 is 15.0 Å². The molecule has 2 aromatic rings. The molecule has 0 fully saturated rings. The number of carbonyl (C=O) groups is 2. The zero-order valence-electron chi connectivity index (χ0n) is 14.1. The lowest BCUT2D eigenvalue weighted by molar-refractivity contribution is -0.120. The number of hydrogen-bond donors (Lipinski definition) is 1. The number of para-hydroxylation sites is 2. The summed E-state index contributed by atoms with van der Waals surface area (Å²) in [6.45, 7) is 2.11. The van der Waals surface area contributed by atoms with E-state index in [4.69, 9.17) is 4.74 Å². The molecule has 4 rings (SSSR count). The van der Waals surface area contributed by atoms with Crippen molar-refractivity contribution in [1.82, 2.24) is 20.1 Å². The molecule has 0 unspecified atom stereocenters. The molecule has 0 bridgehead atoms. The minimum absolute atomic E-state index is 0.0654. The summed E-state index contributed by atoms with van der Waals surface area (Å²) < 4.78 is 7.47. The second-order valence-electron chi connectivity index (χ2n) is 6.39. The molecule has 1 aromatic heterocycles. The fourth-order valence-electron chi connectivity index (χ4n) is 3.21. The van der Waals surface area contributed by atoms with Crippen LogP contribution in [0.2, 0.25) is 0 Å². The molecule has 1 aromatic carbocycles. The van der Waals surface area contributed by atoms with Crippen molar-refractivity contribution in [3.8, 4) is 5.75 Å². The van der Waals surface area contributed by atoms with E-state index in [1.54, 1.807) is 23.9 Å². The molecule has 0 radical (unpaired) electrons. The third kappa shape index (κ3) is 2.63. The van der Waals surface area contributed by atoms with Crippen molar-refractivity contribution >= 4 is 17.5 Å². The molecule has 0 aliphatic carbocycles. The van der Waals surface area contributed by atoms with E-state index >= 15 is 0 Å². The monoisotopic (exact) mass is 341 g/mol. The zero-order chi connectivity index (χ0) is 17.6. The number of nitrogens with one attached hydrogen (secondary N) is 1. The third-order valence-corrected chi connectivity index (χ3v) is 4.67. The number of rotatable bonds is 2. The van der Waals surface area contributed by atoms with Crippen LogP contribution in [0.5, 0.6) is 5.75 Å². The highest BCUT2D eigenvalue weighted by atomic mass is 16.5. The Hall–Kier alpha value is -2.90. The Morgan fingerprint density at radius 1 is 1.36 bits per heavy atom. The van der Waals surface area contributed by atoms with Crippen molar-refractivity contribution in [1.29, 1.82) is 0 Å². The Bertz CT molecular complexity index is 847. The first-order chi connectivity index (χ1) is 12.0. The first-order valence-corrected chi connectivity index (χ1v) is 8.30. The summed E-state index contributed by atoms with van der Waals surface area (Å²) in [5, 5.41) is 6.97. The second-order valence-corrected chi connectivity index (χ2v) is 6.39. The summed E-state index contributed by atoms with van der Waals surface area (Å²) in [5.41, 5.74) is 0.678. The number of anilines is 1. The zero-order valence-corrected chi connectivity index (χ0v) is 14.1. The summed E-state index contributed by atoms with van der Waals surface area (Å²) >= 11 is 0. The molecule has 25 heavy (non-hydrogen) atoms. The molecule has 3 heterocycles. The molecular formula is C17H19N5O3. The van der Waals surface area contributed by atoms with Gasteiger partial charge >= 0.3 is 0 Å². The van der Waals surface area contributed by atoms with E-state index in [9.17, 15) is 9.59 Å². The number of likely N-dealkylation sites (N-methyl/N-ethyl adjacent to an activating group) is 1. The van der Waals surface area contributed by atoms with Crippen molar-refractivity contribution in [3.05, 3.63) is 35.9 Å². The predicted molar refractivity (Wildman–Crippen MR) is 89.7 cm³/mol.